The molecule has 1 heterocycles. The van der Waals surface area contributed by atoms with Gasteiger partial charge in [0, 0.05) is 25.5 Å². The lowest BCUT2D eigenvalue weighted by molar-refractivity contribution is -0.137. The molecule has 2 amide bonds. The van der Waals surface area contributed by atoms with Crippen molar-refractivity contribution in [3.05, 3.63) is 42.2 Å². The molecule has 1 aromatic heterocycles. The number of hydrogen-bond acceptors (Lipinski definition) is 4. The maximum Gasteiger partial charge on any atom is 0.418 e. The van der Waals surface area contributed by atoms with Crippen molar-refractivity contribution in [2.45, 2.75) is 30.2 Å². The lowest BCUT2D eigenvalue weighted by Crippen LogP contribution is -2.36. The first-order valence-electron chi connectivity index (χ1n) is 8.61. The number of aromatic nitrogens is 2. The van der Waals surface area contributed by atoms with Gasteiger partial charge in [-0.05, 0) is 25.0 Å². The number of amides is 2. The summed E-state index contributed by atoms with van der Waals surface area (Å²) in [4.78, 5) is 29.8. The first-order chi connectivity index (χ1) is 13.3. The Labute approximate surface area is 164 Å². The molecule has 0 aliphatic heterocycles. The van der Waals surface area contributed by atoms with Crippen LogP contribution in [-0.2, 0) is 15.8 Å². The number of likely N-dealkylation sites (N-methyl/N-ethyl adjacent to an activating group) is 1. The SMILES string of the molecule is CN(CC(=O)Nc1ccccc1C(F)(F)F)C(=O)CSc1nccn1C1CC1. The first kappa shape index (κ1) is 20.2. The fraction of sp³-hybridized carbons (Fsp3) is 0.389. The summed E-state index contributed by atoms with van der Waals surface area (Å²) in [6, 6.07) is 5.16. The van der Waals surface area contributed by atoms with Gasteiger partial charge in [0.05, 0.1) is 23.5 Å². The van der Waals surface area contributed by atoms with Crippen molar-refractivity contribution < 1.29 is 22.8 Å². The van der Waals surface area contributed by atoms with Crippen LogP contribution in [0.3, 0.4) is 0 Å². The minimum Gasteiger partial charge on any atom is -0.336 e. The second kappa shape index (κ2) is 8.26. The summed E-state index contributed by atoms with van der Waals surface area (Å²) in [5.41, 5.74) is -1.26. The number of anilines is 1. The van der Waals surface area contributed by atoms with E-state index in [1.807, 2.05) is 10.8 Å². The largest absolute Gasteiger partial charge is 0.418 e. The lowest BCUT2D eigenvalue weighted by atomic mass is 10.1. The predicted octanol–water partition coefficient (Wildman–Crippen LogP) is 3.43. The number of carbonyl (C=O) groups excluding carboxylic acids is 2. The number of benzene rings is 1. The van der Waals surface area contributed by atoms with Gasteiger partial charge in [0.1, 0.15) is 0 Å². The molecule has 150 valence electrons. The Bertz CT molecular complexity index is 865. The summed E-state index contributed by atoms with van der Waals surface area (Å²) in [5.74, 6) is -0.918. The van der Waals surface area contributed by atoms with Crippen LogP contribution in [0, 0.1) is 0 Å². The highest BCUT2D eigenvalue weighted by atomic mass is 32.2. The third kappa shape index (κ3) is 5.06. The van der Waals surface area contributed by atoms with Gasteiger partial charge in [-0.1, -0.05) is 23.9 Å². The number of imidazole rings is 1. The second-order valence-corrected chi connectivity index (χ2v) is 7.42. The normalized spacial score (nSPS) is 14.0. The second-order valence-electron chi connectivity index (χ2n) is 6.48. The minimum atomic E-state index is -4.58. The van der Waals surface area contributed by atoms with E-state index in [0.29, 0.717) is 6.04 Å². The molecule has 0 radical (unpaired) electrons. The Morgan fingerprint density at radius 2 is 2.04 bits per heavy atom. The van der Waals surface area contributed by atoms with Crippen LogP contribution in [0.25, 0.3) is 0 Å². The first-order valence-corrected chi connectivity index (χ1v) is 9.60. The number of thioether (sulfide) groups is 1. The predicted molar refractivity (Wildman–Crippen MR) is 98.9 cm³/mol. The standard InChI is InChI=1S/C18H19F3N4O2S/c1-24(16(27)11-28-17-22-8-9-25(17)12-6-7-12)10-15(26)23-14-5-3-2-4-13(14)18(19,20)21/h2-5,8-9,12H,6-7,10-11H2,1H3,(H,23,26). The topological polar surface area (TPSA) is 67.2 Å². The Morgan fingerprint density at radius 3 is 2.71 bits per heavy atom. The Morgan fingerprint density at radius 1 is 1.32 bits per heavy atom. The van der Waals surface area contributed by atoms with Crippen molar-refractivity contribution in [3.8, 4) is 0 Å². The van der Waals surface area contributed by atoms with Gasteiger partial charge < -0.3 is 14.8 Å². The van der Waals surface area contributed by atoms with E-state index in [2.05, 4.69) is 10.3 Å². The number of nitrogens with one attached hydrogen (secondary N) is 1. The minimum absolute atomic E-state index is 0.0899. The van der Waals surface area contributed by atoms with Crippen LogP contribution in [-0.4, -0.2) is 45.6 Å². The average molecular weight is 412 g/mol. The molecule has 1 saturated carbocycles. The third-order valence-electron chi connectivity index (χ3n) is 4.21. The van der Waals surface area contributed by atoms with Gasteiger partial charge in [0.15, 0.2) is 5.16 Å². The van der Waals surface area contributed by atoms with Crippen LogP contribution in [0.4, 0.5) is 18.9 Å². The van der Waals surface area contributed by atoms with Crippen molar-refractivity contribution in [1.82, 2.24) is 14.5 Å². The van der Waals surface area contributed by atoms with Crippen LogP contribution >= 0.6 is 11.8 Å². The monoisotopic (exact) mass is 412 g/mol. The van der Waals surface area contributed by atoms with E-state index in [4.69, 9.17) is 0 Å². The number of halogens is 3. The molecule has 2 aromatic rings. The average Bonchev–Trinajstić information content (AvgIpc) is 3.37. The van der Waals surface area contributed by atoms with Crippen molar-refractivity contribution in [2.24, 2.45) is 0 Å². The molecule has 1 aromatic carbocycles. The molecule has 6 nitrogen and oxygen atoms in total. The molecular formula is C18H19F3N4O2S. The van der Waals surface area contributed by atoms with Gasteiger partial charge >= 0.3 is 6.18 Å². The number of nitrogens with zero attached hydrogens (tertiary/aromatic N) is 3. The summed E-state index contributed by atoms with van der Waals surface area (Å²) in [7, 11) is 1.44. The maximum atomic E-state index is 13.0. The van der Waals surface area contributed by atoms with Gasteiger partial charge in [0.2, 0.25) is 11.8 Å². The van der Waals surface area contributed by atoms with E-state index in [-0.39, 0.29) is 23.9 Å². The van der Waals surface area contributed by atoms with Crippen LogP contribution in [0.2, 0.25) is 0 Å². The summed E-state index contributed by atoms with van der Waals surface area (Å²) < 4.78 is 41.0. The quantitative estimate of drug-likeness (QED) is 0.708. The smallest absolute Gasteiger partial charge is 0.336 e. The van der Waals surface area contributed by atoms with E-state index < -0.39 is 17.6 Å². The van der Waals surface area contributed by atoms with Crippen molar-refractivity contribution in [1.29, 1.82) is 0 Å². The fourth-order valence-electron chi connectivity index (χ4n) is 2.61. The molecule has 1 N–H and O–H groups in total. The van der Waals surface area contributed by atoms with Crippen molar-refractivity contribution in [2.75, 3.05) is 24.7 Å². The third-order valence-corrected chi connectivity index (χ3v) is 5.18. The molecule has 0 spiro atoms. The molecule has 10 heteroatoms. The molecular weight excluding hydrogens is 393 g/mol. The van der Waals surface area contributed by atoms with E-state index in [1.165, 1.54) is 41.9 Å². The summed E-state index contributed by atoms with van der Waals surface area (Å²) in [6.07, 6.45) is 1.17. The summed E-state index contributed by atoms with van der Waals surface area (Å²) in [6.45, 7) is -0.345. The zero-order valence-corrected chi connectivity index (χ0v) is 15.9. The fourth-order valence-corrected chi connectivity index (χ4v) is 3.58. The molecule has 1 fully saturated rings. The number of para-hydroxylation sites is 1. The Hall–Kier alpha value is -2.49. The highest BCUT2D eigenvalue weighted by Gasteiger charge is 2.33. The Kier molecular flexibility index (Phi) is 5.97. The van der Waals surface area contributed by atoms with E-state index >= 15 is 0 Å². The molecule has 0 bridgehead atoms. The molecule has 0 saturated heterocycles. The maximum absolute atomic E-state index is 13.0. The highest BCUT2D eigenvalue weighted by Crippen LogP contribution is 2.37. The van der Waals surface area contributed by atoms with E-state index in [9.17, 15) is 22.8 Å². The van der Waals surface area contributed by atoms with Crippen molar-refractivity contribution in [3.63, 3.8) is 0 Å². The van der Waals surface area contributed by atoms with Crippen LogP contribution in [0.5, 0.6) is 0 Å². The molecule has 28 heavy (non-hydrogen) atoms. The van der Waals surface area contributed by atoms with Gasteiger partial charge in [-0.15, -0.1) is 0 Å². The van der Waals surface area contributed by atoms with E-state index in [0.717, 1.165) is 24.1 Å². The van der Waals surface area contributed by atoms with Gasteiger partial charge in [0.25, 0.3) is 0 Å². The van der Waals surface area contributed by atoms with E-state index in [1.54, 1.807) is 6.20 Å². The summed E-state index contributed by atoms with van der Waals surface area (Å²) in [5, 5.41) is 2.97. The van der Waals surface area contributed by atoms with Crippen LogP contribution in [0.15, 0.2) is 41.8 Å². The molecule has 0 atom stereocenters. The molecule has 3 rings (SSSR count). The Balaban J connectivity index is 1.52. The van der Waals surface area contributed by atoms with Gasteiger partial charge in [-0.3, -0.25) is 9.59 Å². The summed E-state index contributed by atoms with van der Waals surface area (Å²) >= 11 is 1.28. The van der Waals surface area contributed by atoms with Gasteiger partial charge in [-0.25, -0.2) is 4.98 Å². The molecule has 1 aliphatic carbocycles. The zero-order valence-electron chi connectivity index (χ0n) is 15.1. The highest BCUT2D eigenvalue weighted by molar-refractivity contribution is 7.99. The number of rotatable bonds is 7. The number of carbonyl (C=O) groups is 2. The zero-order chi connectivity index (χ0) is 20.3. The number of hydrogen-bond donors (Lipinski definition) is 1. The number of alkyl halides is 3. The van der Waals surface area contributed by atoms with Crippen LogP contribution in [0.1, 0.15) is 24.4 Å². The molecule has 1 aliphatic rings. The molecule has 0 unspecified atom stereocenters. The van der Waals surface area contributed by atoms with Crippen molar-refractivity contribution >= 4 is 29.3 Å². The van der Waals surface area contributed by atoms with Gasteiger partial charge in [-0.2, -0.15) is 13.2 Å². The van der Waals surface area contributed by atoms with Crippen LogP contribution < -0.4 is 5.32 Å². The lowest BCUT2D eigenvalue weighted by Gasteiger charge is -2.18.